The predicted molar refractivity (Wildman–Crippen MR) is 96.0 cm³/mol. The molecule has 1 heterocycles. The van der Waals surface area contributed by atoms with Crippen molar-refractivity contribution in [3.8, 4) is 11.5 Å². The molecule has 0 saturated carbocycles. The number of amides is 1. The lowest BCUT2D eigenvalue weighted by Gasteiger charge is -2.18. The Balaban J connectivity index is 1.60. The first-order valence-electron chi connectivity index (χ1n) is 8.17. The monoisotopic (exact) mass is 375 g/mol. The zero-order valence-corrected chi connectivity index (χ0v) is 14.7. The van der Waals surface area contributed by atoms with Gasteiger partial charge in [-0.3, -0.25) is 4.79 Å². The summed E-state index contributed by atoms with van der Waals surface area (Å²) in [5.41, 5.74) is 0.455. The van der Waals surface area contributed by atoms with Gasteiger partial charge in [0.25, 0.3) is 5.91 Å². The van der Waals surface area contributed by atoms with E-state index in [0.29, 0.717) is 35.2 Å². The molecule has 3 rings (SSSR count). The lowest BCUT2D eigenvalue weighted by Crippen LogP contribution is -2.30. The van der Waals surface area contributed by atoms with Crippen LogP contribution < -0.4 is 9.47 Å². The summed E-state index contributed by atoms with van der Waals surface area (Å²) in [4.78, 5) is 25.0. The van der Waals surface area contributed by atoms with Crippen LogP contribution in [0.3, 0.4) is 0 Å². The lowest BCUT2D eigenvalue weighted by molar-refractivity contribution is -0.139. The number of benzene rings is 2. The first-order chi connectivity index (χ1) is 12.5. The summed E-state index contributed by atoms with van der Waals surface area (Å²) >= 11 is 5.96. The van der Waals surface area contributed by atoms with Crippen LogP contribution in [0, 0.1) is 0 Å². The van der Waals surface area contributed by atoms with Crippen LogP contribution in [0.2, 0.25) is 5.02 Å². The standard InChI is InChI=1S/C19H18ClNO5/c20-14-4-2-6-16(10-14)26-17-7-8-21(11-17)19(24)13-3-1-5-15(9-13)25-12-18(22)23/h1-6,9-10,17H,7-8,11-12H2,(H,22,23). The fourth-order valence-corrected chi connectivity index (χ4v) is 2.97. The highest BCUT2D eigenvalue weighted by atomic mass is 35.5. The minimum Gasteiger partial charge on any atom is -0.488 e. The summed E-state index contributed by atoms with van der Waals surface area (Å²) in [5, 5.41) is 9.27. The van der Waals surface area contributed by atoms with Crippen molar-refractivity contribution in [2.75, 3.05) is 19.7 Å². The molecule has 2 aromatic rings. The third-order valence-electron chi connectivity index (χ3n) is 3.97. The van der Waals surface area contributed by atoms with E-state index >= 15 is 0 Å². The molecule has 1 aliphatic heterocycles. The van der Waals surface area contributed by atoms with Crippen LogP contribution in [-0.2, 0) is 4.79 Å². The van der Waals surface area contributed by atoms with E-state index in [-0.39, 0.29) is 12.0 Å². The Morgan fingerprint density at radius 3 is 2.69 bits per heavy atom. The number of carboxylic acid groups (broad SMARTS) is 1. The van der Waals surface area contributed by atoms with Gasteiger partial charge in [-0.1, -0.05) is 23.7 Å². The number of nitrogens with zero attached hydrogens (tertiary/aromatic N) is 1. The summed E-state index contributed by atoms with van der Waals surface area (Å²) in [6.07, 6.45) is 0.636. The van der Waals surface area contributed by atoms with Crippen molar-refractivity contribution in [2.24, 2.45) is 0 Å². The van der Waals surface area contributed by atoms with Crippen LogP contribution in [0.25, 0.3) is 0 Å². The molecule has 1 saturated heterocycles. The van der Waals surface area contributed by atoms with Gasteiger partial charge in [-0.15, -0.1) is 0 Å². The van der Waals surface area contributed by atoms with Crippen LogP contribution in [0.4, 0.5) is 0 Å². The Labute approximate surface area is 155 Å². The molecule has 0 bridgehead atoms. The largest absolute Gasteiger partial charge is 0.488 e. The van der Waals surface area contributed by atoms with Gasteiger partial charge >= 0.3 is 5.97 Å². The second-order valence-electron chi connectivity index (χ2n) is 5.95. The summed E-state index contributed by atoms with van der Waals surface area (Å²) in [6, 6.07) is 13.7. The van der Waals surface area contributed by atoms with E-state index < -0.39 is 12.6 Å². The molecule has 0 spiro atoms. The minimum absolute atomic E-state index is 0.0936. The van der Waals surface area contributed by atoms with Crippen molar-refractivity contribution in [2.45, 2.75) is 12.5 Å². The number of aliphatic carboxylic acids is 1. The smallest absolute Gasteiger partial charge is 0.341 e. The number of hydrogen-bond acceptors (Lipinski definition) is 4. The highest BCUT2D eigenvalue weighted by Gasteiger charge is 2.28. The number of carbonyl (C=O) groups is 2. The SMILES string of the molecule is O=C(O)COc1cccc(C(=O)N2CCC(Oc3cccc(Cl)c3)C2)c1. The van der Waals surface area contributed by atoms with E-state index in [1.807, 2.05) is 12.1 Å². The van der Waals surface area contributed by atoms with Gasteiger partial charge in [-0.2, -0.15) is 0 Å². The number of likely N-dealkylation sites (tertiary alicyclic amines) is 1. The normalized spacial score (nSPS) is 16.3. The molecule has 1 N–H and O–H groups in total. The molecule has 26 heavy (non-hydrogen) atoms. The number of halogens is 1. The van der Waals surface area contributed by atoms with E-state index in [9.17, 15) is 9.59 Å². The first kappa shape index (κ1) is 18.1. The highest BCUT2D eigenvalue weighted by Crippen LogP contribution is 2.23. The number of ether oxygens (including phenoxy) is 2. The number of rotatable bonds is 6. The van der Waals surface area contributed by atoms with Gasteiger partial charge < -0.3 is 19.5 Å². The topological polar surface area (TPSA) is 76.1 Å². The van der Waals surface area contributed by atoms with E-state index in [4.69, 9.17) is 26.2 Å². The molecule has 2 aromatic carbocycles. The van der Waals surface area contributed by atoms with Gasteiger partial charge in [0.15, 0.2) is 6.61 Å². The Kier molecular flexibility index (Phi) is 5.63. The quantitative estimate of drug-likeness (QED) is 0.839. The Bertz CT molecular complexity index is 810. The Hall–Kier alpha value is -2.73. The maximum Gasteiger partial charge on any atom is 0.341 e. The minimum atomic E-state index is -1.07. The molecule has 136 valence electrons. The van der Waals surface area contributed by atoms with Crippen molar-refractivity contribution in [3.63, 3.8) is 0 Å². The number of carboxylic acids is 1. The molecule has 1 aliphatic rings. The van der Waals surface area contributed by atoms with E-state index in [1.165, 1.54) is 0 Å². The zero-order chi connectivity index (χ0) is 18.5. The average molecular weight is 376 g/mol. The van der Waals surface area contributed by atoms with Crippen molar-refractivity contribution >= 4 is 23.5 Å². The molecule has 0 radical (unpaired) electrons. The van der Waals surface area contributed by atoms with Gasteiger partial charge in [0, 0.05) is 23.6 Å². The van der Waals surface area contributed by atoms with Crippen LogP contribution in [-0.4, -0.2) is 47.7 Å². The van der Waals surface area contributed by atoms with Crippen LogP contribution in [0.1, 0.15) is 16.8 Å². The highest BCUT2D eigenvalue weighted by molar-refractivity contribution is 6.30. The third kappa shape index (κ3) is 4.67. The number of hydrogen-bond donors (Lipinski definition) is 1. The Morgan fingerprint density at radius 1 is 1.15 bits per heavy atom. The molecular weight excluding hydrogens is 358 g/mol. The second kappa shape index (κ2) is 8.10. The molecule has 7 heteroatoms. The zero-order valence-electron chi connectivity index (χ0n) is 13.9. The van der Waals surface area contributed by atoms with Gasteiger partial charge in [-0.05, 0) is 36.4 Å². The molecule has 0 aromatic heterocycles. The number of carbonyl (C=O) groups excluding carboxylic acids is 1. The second-order valence-corrected chi connectivity index (χ2v) is 6.38. The van der Waals surface area contributed by atoms with E-state index in [2.05, 4.69) is 0 Å². The molecule has 1 unspecified atom stereocenters. The lowest BCUT2D eigenvalue weighted by atomic mass is 10.2. The van der Waals surface area contributed by atoms with Gasteiger partial charge in [-0.25, -0.2) is 4.79 Å². The molecule has 1 fully saturated rings. The van der Waals surface area contributed by atoms with Crippen molar-refractivity contribution in [1.82, 2.24) is 4.90 Å². The maximum absolute atomic E-state index is 12.7. The van der Waals surface area contributed by atoms with Crippen molar-refractivity contribution in [1.29, 1.82) is 0 Å². The van der Waals surface area contributed by atoms with E-state index in [0.717, 1.165) is 6.42 Å². The summed E-state index contributed by atoms with van der Waals surface area (Å²) in [6.45, 7) is 0.618. The van der Waals surface area contributed by atoms with Crippen molar-refractivity contribution in [3.05, 3.63) is 59.1 Å². The van der Waals surface area contributed by atoms with Gasteiger partial charge in [0.2, 0.25) is 0 Å². The Morgan fingerprint density at radius 2 is 1.92 bits per heavy atom. The molecule has 0 aliphatic carbocycles. The fraction of sp³-hybridized carbons (Fsp3) is 0.263. The summed E-state index contributed by atoms with van der Waals surface area (Å²) in [7, 11) is 0. The predicted octanol–water partition coefficient (Wildman–Crippen LogP) is 3.10. The maximum atomic E-state index is 12.7. The third-order valence-corrected chi connectivity index (χ3v) is 4.21. The summed E-state index contributed by atoms with van der Waals surface area (Å²) < 4.78 is 11.0. The van der Waals surface area contributed by atoms with Crippen molar-refractivity contribution < 1.29 is 24.2 Å². The fourth-order valence-electron chi connectivity index (χ4n) is 2.79. The molecule has 1 amide bonds. The molecule has 1 atom stereocenters. The summed E-state index contributed by atoms with van der Waals surface area (Å²) in [5.74, 6) is -0.171. The van der Waals surface area contributed by atoms with E-state index in [1.54, 1.807) is 41.3 Å². The average Bonchev–Trinajstić information content (AvgIpc) is 3.08. The first-order valence-corrected chi connectivity index (χ1v) is 8.55. The van der Waals surface area contributed by atoms with Crippen LogP contribution >= 0.6 is 11.6 Å². The molecule has 6 nitrogen and oxygen atoms in total. The van der Waals surface area contributed by atoms with Gasteiger partial charge in [0.05, 0.1) is 6.54 Å². The molecular formula is C19H18ClNO5. The van der Waals surface area contributed by atoms with Crippen LogP contribution in [0.15, 0.2) is 48.5 Å². The van der Waals surface area contributed by atoms with Gasteiger partial charge in [0.1, 0.15) is 17.6 Å². The van der Waals surface area contributed by atoms with Crippen LogP contribution in [0.5, 0.6) is 11.5 Å².